The van der Waals surface area contributed by atoms with Crippen molar-refractivity contribution in [1.29, 1.82) is 0 Å². The summed E-state index contributed by atoms with van der Waals surface area (Å²) >= 11 is 0. The van der Waals surface area contributed by atoms with Crippen LogP contribution in [0.5, 0.6) is 5.75 Å². The van der Waals surface area contributed by atoms with Gasteiger partial charge in [-0.2, -0.15) is 8.42 Å². The summed E-state index contributed by atoms with van der Waals surface area (Å²) in [5.74, 6) is -0.373. The average Bonchev–Trinajstić information content (AvgIpc) is 2.95. The van der Waals surface area contributed by atoms with Gasteiger partial charge in [0.05, 0.1) is 11.1 Å². The van der Waals surface area contributed by atoms with Crippen molar-refractivity contribution in [1.82, 2.24) is 4.90 Å². The highest BCUT2D eigenvalue weighted by molar-refractivity contribution is 7.85. The van der Waals surface area contributed by atoms with E-state index >= 15 is 0 Å². The van der Waals surface area contributed by atoms with Crippen LogP contribution in [0.15, 0.2) is 59.5 Å². The number of fused-ring (bicyclic) bond motifs is 2. The number of ketones is 2. The van der Waals surface area contributed by atoms with E-state index in [0.29, 0.717) is 33.5 Å². The number of hydrogen-bond donors (Lipinski definition) is 4. The third-order valence-electron chi connectivity index (χ3n) is 6.84. The number of anilines is 2. The van der Waals surface area contributed by atoms with Gasteiger partial charge in [-0.15, -0.1) is 0 Å². The summed E-state index contributed by atoms with van der Waals surface area (Å²) in [5, 5.41) is 15.4. The molecule has 9 nitrogen and oxygen atoms in total. The first-order valence-electron chi connectivity index (χ1n) is 13.8. The first-order chi connectivity index (χ1) is 19.5. The maximum Gasteiger partial charge on any atom is 0.294 e. The Balaban J connectivity index is 0.000000322. The Labute approximate surface area is 242 Å². The van der Waals surface area contributed by atoms with Crippen LogP contribution in [-0.2, 0) is 10.1 Å². The molecule has 0 aromatic heterocycles. The molecule has 0 radical (unpaired) electrons. The monoisotopic (exact) mass is 581 g/mol. The van der Waals surface area contributed by atoms with E-state index in [2.05, 4.69) is 29.4 Å². The van der Waals surface area contributed by atoms with E-state index in [1.165, 1.54) is 19.1 Å². The van der Waals surface area contributed by atoms with Gasteiger partial charge in [-0.05, 0) is 69.6 Å². The molecule has 3 aromatic carbocycles. The summed E-state index contributed by atoms with van der Waals surface area (Å²) in [7, 11) is -2.44. The number of phenolic OH excluding ortho intramolecular Hbond substituents is 1. The molecule has 0 spiro atoms. The maximum atomic E-state index is 13.2. The second-order valence-electron chi connectivity index (χ2n) is 9.91. The molecule has 0 heterocycles. The number of carbonyl (C=O) groups excluding carboxylic acids is 2. The zero-order valence-electron chi connectivity index (χ0n) is 24.0. The molecule has 1 aliphatic carbocycles. The van der Waals surface area contributed by atoms with E-state index in [4.69, 9.17) is 9.66 Å². The van der Waals surface area contributed by atoms with Crippen molar-refractivity contribution in [3.63, 3.8) is 0 Å². The lowest BCUT2D eigenvalue weighted by atomic mass is 9.82. The Bertz CT molecular complexity index is 1500. The van der Waals surface area contributed by atoms with Crippen molar-refractivity contribution in [3.05, 3.63) is 82.4 Å². The van der Waals surface area contributed by atoms with Crippen LogP contribution in [0, 0.1) is 6.92 Å². The summed E-state index contributed by atoms with van der Waals surface area (Å²) in [5.41, 5.74) is 3.75. The van der Waals surface area contributed by atoms with Crippen molar-refractivity contribution in [2.24, 2.45) is 0 Å². The highest BCUT2D eigenvalue weighted by Gasteiger charge is 2.33. The molecule has 41 heavy (non-hydrogen) atoms. The van der Waals surface area contributed by atoms with Crippen LogP contribution >= 0.6 is 0 Å². The number of aryl methyl sites for hydroxylation is 1. The average molecular weight is 582 g/mol. The third-order valence-corrected chi connectivity index (χ3v) is 7.84. The highest BCUT2D eigenvalue weighted by Crippen LogP contribution is 2.36. The number of nitrogens with one attached hydrogen (secondary N) is 2. The number of aromatic hydroxyl groups is 1. The van der Waals surface area contributed by atoms with E-state index < -0.39 is 10.1 Å². The lowest BCUT2D eigenvalue weighted by Gasteiger charge is -2.24. The third kappa shape index (κ3) is 7.72. The topological polar surface area (TPSA) is 136 Å². The first-order valence-corrected chi connectivity index (χ1v) is 15.2. The molecule has 0 amide bonds. The van der Waals surface area contributed by atoms with Crippen LogP contribution in [-0.4, -0.2) is 67.8 Å². The number of nitrogens with zero attached hydrogens (tertiary/aromatic N) is 1. The van der Waals surface area contributed by atoms with Crippen LogP contribution in [0.2, 0.25) is 0 Å². The van der Waals surface area contributed by atoms with Crippen LogP contribution in [0.4, 0.5) is 11.4 Å². The van der Waals surface area contributed by atoms with Gasteiger partial charge in [0.1, 0.15) is 10.6 Å². The van der Waals surface area contributed by atoms with Crippen molar-refractivity contribution >= 4 is 33.1 Å². The van der Waals surface area contributed by atoms with E-state index in [1.807, 2.05) is 12.1 Å². The predicted octanol–water partition coefficient (Wildman–Crippen LogP) is 5.38. The fourth-order valence-corrected chi connectivity index (χ4v) is 5.68. The highest BCUT2D eigenvalue weighted by atomic mass is 32.2. The summed E-state index contributed by atoms with van der Waals surface area (Å²) < 4.78 is 30.0. The van der Waals surface area contributed by atoms with Gasteiger partial charge in [0.15, 0.2) is 11.6 Å². The minimum absolute atomic E-state index is 0.0895. The lowest BCUT2D eigenvalue weighted by molar-refractivity contribution is 0.0980. The van der Waals surface area contributed by atoms with Crippen molar-refractivity contribution in [2.75, 3.05) is 43.9 Å². The summed E-state index contributed by atoms with van der Waals surface area (Å²) in [6.45, 7) is 9.96. The minimum Gasteiger partial charge on any atom is -0.508 e. The molecular formula is C31H39N3O6S. The smallest absolute Gasteiger partial charge is 0.294 e. The second kappa shape index (κ2) is 14.2. The summed E-state index contributed by atoms with van der Waals surface area (Å²) in [6.07, 6.45) is 3.30. The van der Waals surface area contributed by atoms with Gasteiger partial charge in [-0.3, -0.25) is 14.1 Å². The summed E-state index contributed by atoms with van der Waals surface area (Å²) in [6, 6.07) is 14.6. The molecule has 1 aliphatic rings. The molecule has 0 fully saturated rings. The van der Waals surface area contributed by atoms with Crippen molar-refractivity contribution in [3.8, 4) is 5.75 Å². The van der Waals surface area contributed by atoms with Crippen molar-refractivity contribution in [2.45, 2.75) is 44.9 Å². The molecule has 4 rings (SSSR count). The molecule has 3 aromatic rings. The number of rotatable bonds is 11. The fraction of sp³-hybridized carbons (Fsp3) is 0.355. The Kier molecular flexibility index (Phi) is 11.0. The molecule has 220 valence electrons. The SMILES string of the molecule is CCCN(CCC)CCCNc1ccc(NC)c2c1C(=O)c1ccccc1C2=O.Cc1ccc(O)cc1S(=O)(=O)O. The Morgan fingerprint density at radius 3 is 1.90 bits per heavy atom. The molecule has 4 N–H and O–H groups in total. The molecular weight excluding hydrogens is 542 g/mol. The number of carbonyl (C=O) groups is 2. The quantitative estimate of drug-likeness (QED) is 0.136. The van der Waals surface area contributed by atoms with Crippen LogP contribution < -0.4 is 10.6 Å². The van der Waals surface area contributed by atoms with E-state index in [9.17, 15) is 18.0 Å². The number of phenols is 1. The second-order valence-corrected chi connectivity index (χ2v) is 11.3. The standard InChI is InChI=1S/C24H31N3O2.C7H8O4S/c1-4-14-27(15-5-2)16-8-13-26-20-12-11-19(25-3)21-22(20)24(29)18-10-7-6-9-17(18)23(21)28;1-5-2-3-6(8)4-7(5)12(9,10)11/h6-7,9-12,25-26H,4-5,8,13-16H2,1-3H3;2-4,8H,1H3,(H,9,10,11). The van der Waals surface area contributed by atoms with Gasteiger partial charge in [-0.25, -0.2) is 0 Å². The predicted molar refractivity (Wildman–Crippen MR) is 162 cm³/mol. The molecule has 0 saturated carbocycles. The van der Waals surface area contributed by atoms with E-state index in [-0.39, 0.29) is 22.2 Å². The van der Waals surface area contributed by atoms with Gasteiger partial charge in [0, 0.05) is 42.2 Å². The molecule has 0 unspecified atom stereocenters. The Morgan fingerprint density at radius 1 is 0.829 bits per heavy atom. The molecule has 0 atom stereocenters. The van der Waals surface area contributed by atoms with Gasteiger partial charge >= 0.3 is 0 Å². The first kappa shape index (κ1) is 31.8. The van der Waals surface area contributed by atoms with E-state index in [1.54, 1.807) is 31.3 Å². The zero-order chi connectivity index (χ0) is 30.2. The summed E-state index contributed by atoms with van der Waals surface area (Å²) in [4.78, 5) is 28.6. The van der Waals surface area contributed by atoms with Crippen LogP contribution in [0.3, 0.4) is 0 Å². The minimum atomic E-state index is -4.22. The Morgan fingerprint density at radius 2 is 1.39 bits per heavy atom. The normalized spacial score (nSPS) is 12.3. The van der Waals surface area contributed by atoms with Crippen molar-refractivity contribution < 1.29 is 27.7 Å². The number of benzene rings is 3. The van der Waals surface area contributed by atoms with Gasteiger partial charge in [-0.1, -0.05) is 44.2 Å². The number of hydrogen-bond acceptors (Lipinski definition) is 8. The molecule has 0 saturated heterocycles. The maximum absolute atomic E-state index is 13.2. The van der Waals surface area contributed by atoms with Gasteiger partial charge in [0.25, 0.3) is 10.1 Å². The fourth-order valence-electron chi connectivity index (χ4n) is 4.94. The van der Waals surface area contributed by atoms with Crippen LogP contribution in [0.25, 0.3) is 0 Å². The lowest BCUT2D eigenvalue weighted by Crippen LogP contribution is -2.28. The van der Waals surface area contributed by atoms with Gasteiger partial charge < -0.3 is 20.6 Å². The molecule has 10 heteroatoms. The van der Waals surface area contributed by atoms with E-state index in [0.717, 1.165) is 57.2 Å². The largest absolute Gasteiger partial charge is 0.508 e. The molecule has 0 aliphatic heterocycles. The van der Waals surface area contributed by atoms with Crippen LogP contribution in [0.1, 0.15) is 70.5 Å². The molecule has 0 bridgehead atoms. The zero-order valence-corrected chi connectivity index (χ0v) is 24.8. The Hall–Kier alpha value is -3.73. The van der Waals surface area contributed by atoms with Gasteiger partial charge in [0.2, 0.25) is 0 Å².